The standard InChI is InChI=1S/C24H17FN2O5/c25-14-10-12-15(13-11-14)26-22(28)19-20(17-8-4-5-9-18(17)24(30)31)27(32-21(19)23(26)29)16-6-2-1-3-7-16/h1-13,19-21H,(H,30,31)/p-1/t19-,20+,21+/m0/s1. The predicted molar refractivity (Wildman–Crippen MR) is 110 cm³/mol. The number of carboxylic acids is 1. The van der Waals surface area contributed by atoms with Gasteiger partial charge in [-0.3, -0.25) is 14.4 Å². The highest BCUT2D eigenvalue weighted by atomic mass is 19.1. The minimum Gasteiger partial charge on any atom is -0.545 e. The minimum atomic E-state index is -1.40. The lowest BCUT2D eigenvalue weighted by Gasteiger charge is -2.30. The van der Waals surface area contributed by atoms with Crippen molar-refractivity contribution < 1.29 is 28.7 Å². The third-order valence-corrected chi connectivity index (χ3v) is 5.71. The molecular weight excluding hydrogens is 415 g/mol. The average Bonchev–Trinajstić information content (AvgIpc) is 3.31. The number of imide groups is 1. The molecule has 3 atom stereocenters. The summed E-state index contributed by atoms with van der Waals surface area (Å²) in [5.74, 6) is -4.05. The molecule has 0 radical (unpaired) electrons. The number of nitrogens with zero attached hydrogens (tertiary/aromatic N) is 2. The maximum Gasteiger partial charge on any atom is 0.266 e. The normalized spacial score (nSPS) is 22.3. The van der Waals surface area contributed by atoms with Crippen LogP contribution in [0.3, 0.4) is 0 Å². The number of carbonyl (C=O) groups is 3. The summed E-state index contributed by atoms with van der Waals surface area (Å²) >= 11 is 0. The molecule has 2 aliphatic heterocycles. The smallest absolute Gasteiger partial charge is 0.266 e. The van der Waals surface area contributed by atoms with E-state index in [1.807, 2.05) is 0 Å². The molecule has 0 aromatic heterocycles. The molecule has 2 fully saturated rings. The third-order valence-electron chi connectivity index (χ3n) is 5.71. The Morgan fingerprint density at radius 3 is 2.19 bits per heavy atom. The Labute approximate surface area is 182 Å². The van der Waals surface area contributed by atoms with Crippen LogP contribution in [0.1, 0.15) is 22.0 Å². The Balaban J connectivity index is 1.63. The number of para-hydroxylation sites is 1. The summed E-state index contributed by atoms with van der Waals surface area (Å²) in [7, 11) is 0. The van der Waals surface area contributed by atoms with Crippen molar-refractivity contribution in [3.05, 3.63) is 95.8 Å². The molecule has 160 valence electrons. The van der Waals surface area contributed by atoms with Gasteiger partial charge in [-0.05, 0) is 42.0 Å². The van der Waals surface area contributed by atoms with Crippen molar-refractivity contribution in [1.82, 2.24) is 0 Å². The van der Waals surface area contributed by atoms with Gasteiger partial charge < -0.3 is 9.90 Å². The first kappa shape index (κ1) is 19.9. The number of hydrogen-bond donors (Lipinski definition) is 0. The zero-order valence-corrected chi connectivity index (χ0v) is 16.6. The zero-order chi connectivity index (χ0) is 22.4. The number of rotatable bonds is 4. The largest absolute Gasteiger partial charge is 0.545 e. The van der Waals surface area contributed by atoms with Crippen molar-refractivity contribution in [1.29, 1.82) is 0 Å². The number of anilines is 2. The number of benzene rings is 3. The van der Waals surface area contributed by atoms with E-state index in [1.54, 1.807) is 48.5 Å². The van der Waals surface area contributed by atoms with Crippen LogP contribution >= 0.6 is 0 Å². The summed E-state index contributed by atoms with van der Waals surface area (Å²) in [6.45, 7) is 0. The zero-order valence-electron chi connectivity index (χ0n) is 16.6. The van der Waals surface area contributed by atoms with Crippen LogP contribution in [0.2, 0.25) is 0 Å². The quantitative estimate of drug-likeness (QED) is 0.589. The van der Waals surface area contributed by atoms with Crippen LogP contribution in [0.15, 0.2) is 78.9 Å². The lowest BCUT2D eigenvalue weighted by Crippen LogP contribution is -2.38. The van der Waals surface area contributed by atoms with E-state index in [0.717, 1.165) is 17.0 Å². The van der Waals surface area contributed by atoms with E-state index in [-0.39, 0.29) is 11.3 Å². The molecule has 0 unspecified atom stereocenters. The molecule has 2 amide bonds. The fraction of sp³-hybridized carbons (Fsp3) is 0.125. The molecule has 2 saturated heterocycles. The van der Waals surface area contributed by atoms with Crippen LogP contribution in [0.4, 0.5) is 15.8 Å². The molecule has 5 rings (SSSR count). The lowest BCUT2D eigenvalue weighted by molar-refractivity contribution is -0.255. The monoisotopic (exact) mass is 431 g/mol. The first-order valence-electron chi connectivity index (χ1n) is 9.92. The van der Waals surface area contributed by atoms with Gasteiger partial charge in [-0.2, -0.15) is 0 Å². The molecule has 2 aliphatic rings. The fourth-order valence-corrected chi connectivity index (χ4v) is 4.31. The number of hydroxylamine groups is 1. The second-order valence-corrected chi connectivity index (χ2v) is 7.52. The van der Waals surface area contributed by atoms with Crippen LogP contribution in [0.25, 0.3) is 0 Å². The van der Waals surface area contributed by atoms with Crippen molar-refractivity contribution in [2.75, 3.05) is 9.96 Å². The van der Waals surface area contributed by atoms with Gasteiger partial charge in [0.2, 0.25) is 5.91 Å². The van der Waals surface area contributed by atoms with E-state index in [9.17, 15) is 23.9 Å². The molecule has 0 N–H and O–H groups in total. The van der Waals surface area contributed by atoms with E-state index in [1.165, 1.54) is 23.3 Å². The van der Waals surface area contributed by atoms with Crippen LogP contribution in [-0.2, 0) is 14.4 Å². The molecule has 3 aromatic rings. The Morgan fingerprint density at radius 1 is 0.844 bits per heavy atom. The van der Waals surface area contributed by atoms with Gasteiger partial charge in [0, 0.05) is 5.56 Å². The first-order chi connectivity index (χ1) is 15.5. The molecule has 0 saturated carbocycles. The van der Waals surface area contributed by atoms with Crippen molar-refractivity contribution in [3.8, 4) is 0 Å². The van der Waals surface area contributed by atoms with Gasteiger partial charge in [-0.15, -0.1) is 0 Å². The summed E-state index contributed by atoms with van der Waals surface area (Å²) in [5.41, 5.74) is 0.987. The molecular formula is C24H16FN2O5-. The van der Waals surface area contributed by atoms with Gasteiger partial charge in [0.05, 0.1) is 23.4 Å². The molecule has 0 aliphatic carbocycles. The van der Waals surface area contributed by atoms with Gasteiger partial charge in [0.1, 0.15) is 11.7 Å². The Kier molecular flexibility index (Phi) is 4.71. The van der Waals surface area contributed by atoms with E-state index >= 15 is 0 Å². The number of carbonyl (C=O) groups excluding carboxylic acids is 3. The second kappa shape index (κ2) is 7.58. The fourth-order valence-electron chi connectivity index (χ4n) is 4.31. The van der Waals surface area contributed by atoms with Crippen molar-refractivity contribution in [3.63, 3.8) is 0 Å². The number of hydrogen-bond acceptors (Lipinski definition) is 6. The number of amides is 2. The van der Waals surface area contributed by atoms with Crippen molar-refractivity contribution >= 4 is 29.2 Å². The molecule has 0 spiro atoms. The van der Waals surface area contributed by atoms with Crippen molar-refractivity contribution in [2.24, 2.45) is 5.92 Å². The number of fused-ring (bicyclic) bond motifs is 1. The Morgan fingerprint density at radius 2 is 1.50 bits per heavy atom. The maximum atomic E-state index is 13.5. The highest BCUT2D eigenvalue weighted by Gasteiger charge is 2.60. The molecule has 0 bridgehead atoms. The SMILES string of the molecule is O=C([O-])c1ccccc1[C@@H]1[C@@H]2C(=O)N(c3ccc(F)cc3)C(=O)[C@@H]2ON1c1ccccc1. The van der Waals surface area contributed by atoms with Crippen LogP contribution < -0.4 is 15.1 Å². The maximum absolute atomic E-state index is 13.5. The Hall–Kier alpha value is -4.04. The first-order valence-corrected chi connectivity index (χ1v) is 9.92. The average molecular weight is 431 g/mol. The van der Waals surface area contributed by atoms with E-state index in [4.69, 9.17) is 4.84 Å². The van der Waals surface area contributed by atoms with E-state index in [0.29, 0.717) is 11.3 Å². The molecule has 7 nitrogen and oxygen atoms in total. The van der Waals surface area contributed by atoms with Crippen LogP contribution in [-0.4, -0.2) is 23.9 Å². The van der Waals surface area contributed by atoms with Gasteiger partial charge >= 0.3 is 0 Å². The lowest BCUT2D eigenvalue weighted by atomic mass is 9.88. The minimum absolute atomic E-state index is 0.0943. The topological polar surface area (TPSA) is 90.0 Å². The van der Waals surface area contributed by atoms with Gasteiger partial charge in [-0.25, -0.2) is 14.4 Å². The molecule has 2 heterocycles. The van der Waals surface area contributed by atoms with Crippen molar-refractivity contribution in [2.45, 2.75) is 12.1 Å². The second-order valence-electron chi connectivity index (χ2n) is 7.52. The van der Waals surface area contributed by atoms with Gasteiger partial charge in [0.15, 0.2) is 6.10 Å². The van der Waals surface area contributed by atoms with E-state index in [2.05, 4.69) is 0 Å². The number of halogens is 1. The molecule has 3 aromatic carbocycles. The summed E-state index contributed by atoms with van der Waals surface area (Å²) in [6.07, 6.45) is -1.16. The van der Waals surface area contributed by atoms with E-state index < -0.39 is 41.7 Å². The molecule has 8 heteroatoms. The highest BCUT2D eigenvalue weighted by Crippen LogP contribution is 2.48. The number of aromatic carboxylic acids is 1. The number of carboxylic acid groups (broad SMARTS) is 1. The molecule has 32 heavy (non-hydrogen) atoms. The summed E-state index contributed by atoms with van der Waals surface area (Å²) in [5, 5.41) is 13.2. The van der Waals surface area contributed by atoms with Gasteiger partial charge in [-0.1, -0.05) is 42.5 Å². The summed E-state index contributed by atoms with van der Waals surface area (Å²) in [6, 6.07) is 19.1. The highest BCUT2D eigenvalue weighted by molar-refractivity contribution is 6.24. The van der Waals surface area contributed by atoms with Crippen LogP contribution in [0.5, 0.6) is 0 Å². The summed E-state index contributed by atoms with van der Waals surface area (Å²) in [4.78, 5) is 45.4. The summed E-state index contributed by atoms with van der Waals surface area (Å²) < 4.78 is 13.4. The van der Waals surface area contributed by atoms with Crippen LogP contribution in [0, 0.1) is 11.7 Å². The Bertz CT molecular complexity index is 1210. The third kappa shape index (κ3) is 3.04. The van der Waals surface area contributed by atoms with Gasteiger partial charge in [0.25, 0.3) is 5.91 Å². The predicted octanol–water partition coefficient (Wildman–Crippen LogP) is 2.24.